The number of nitriles is 1. The van der Waals surface area contributed by atoms with E-state index < -0.39 is 0 Å². The molecule has 3 nitrogen and oxygen atoms in total. The quantitative estimate of drug-likeness (QED) is 0.688. The van der Waals surface area contributed by atoms with Crippen LogP contribution in [0.2, 0.25) is 0 Å². The van der Waals surface area contributed by atoms with Gasteiger partial charge in [-0.2, -0.15) is 5.26 Å². The highest BCUT2D eigenvalue weighted by molar-refractivity contribution is 5.06. The van der Waals surface area contributed by atoms with Crippen LogP contribution in [0.1, 0.15) is 52.1 Å². The molecule has 0 aliphatic rings. The lowest BCUT2D eigenvalue weighted by atomic mass is 9.89. The van der Waals surface area contributed by atoms with Crippen LogP contribution in [0, 0.1) is 16.7 Å². The third-order valence-electron chi connectivity index (χ3n) is 3.41. The topological polar surface area (TPSA) is 40.8 Å². The Labute approximate surface area is 117 Å². The van der Waals surface area contributed by atoms with E-state index in [0.717, 1.165) is 38.9 Å². The summed E-state index contributed by atoms with van der Waals surface area (Å²) in [5.74, 6) is 0. The van der Waals surface area contributed by atoms with E-state index in [2.05, 4.69) is 41.2 Å². The minimum absolute atomic E-state index is 0.178. The Morgan fingerprint density at radius 3 is 2.84 bits per heavy atom. The van der Waals surface area contributed by atoms with Gasteiger partial charge in [-0.3, -0.25) is 0 Å². The third-order valence-corrected chi connectivity index (χ3v) is 3.41. The largest absolute Gasteiger partial charge is 0.350 e. The Morgan fingerprint density at radius 2 is 2.16 bits per heavy atom. The van der Waals surface area contributed by atoms with Crippen molar-refractivity contribution < 1.29 is 0 Å². The number of nitrogens with zero attached hydrogens (tertiary/aromatic N) is 2. The first-order valence-electron chi connectivity index (χ1n) is 7.35. The molecule has 0 spiro atoms. The van der Waals surface area contributed by atoms with Crippen molar-refractivity contribution in [1.82, 2.24) is 9.88 Å². The van der Waals surface area contributed by atoms with Crippen LogP contribution in [0.3, 0.4) is 0 Å². The highest BCUT2D eigenvalue weighted by Crippen LogP contribution is 2.21. The molecule has 0 unspecified atom stereocenters. The second kappa shape index (κ2) is 8.01. The summed E-state index contributed by atoms with van der Waals surface area (Å²) < 4.78 is 2.32. The molecule has 1 rings (SSSR count). The Hall–Kier alpha value is -1.27. The summed E-state index contributed by atoms with van der Waals surface area (Å²) in [5.41, 5.74) is 1.18. The van der Waals surface area contributed by atoms with E-state index in [4.69, 9.17) is 5.26 Å². The number of rotatable bonds is 9. The Kier molecular flexibility index (Phi) is 6.66. The summed E-state index contributed by atoms with van der Waals surface area (Å²) in [6.07, 6.45) is 6.55. The lowest BCUT2D eigenvalue weighted by Crippen LogP contribution is -2.17. The minimum atomic E-state index is -0.178. The fourth-order valence-corrected chi connectivity index (χ4v) is 2.13. The van der Waals surface area contributed by atoms with Crippen molar-refractivity contribution >= 4 is 0 Å². The monoisotopic (exact) mass is 261 g/mol. The molecular formula is C16H27N3. The fraction of sp³-hybridized carbons (Fsp3) is 0.688. The van der Waals surface area contributed by atoms with Gasteiger partial charge in [-0.25, -0.2) is 0 Å². The van der Waals surface area contributed by atoms with Crippen molar-refractivity contribution in [2.24, 2.45) is 5.41 Å². The number of aryl methyl sites for hydroxylation is 1. The average molecular weight is 261 g/mol. The van der Waals surface area contributed by atoms with Crippen LogP contribution in [-0.2, 0) is 13.1 Å². The number of unbranched alkanes of at least 4 members (excludes halogenated alkanes) is 1. The van der Waals surface area contributed by atoms with Gasteiger partial charge in [-0.1, -0.05) is 13.3 Å². The Morgan fingerprint density at radius 1 is 1.37 bits per heavy atom. The molecule has 1 N–H and O–H groups in total. The summed E-state index contributed by atoms with van der Waals surface area (Å²) in [6, 6.07) is 6.66. The van der Waals surface area contributed by atoms with Gasteiger partial charge in [0.05, 0.1) is 11.5 Å². The number of hydrogen-bond donors (Lipinski definition) is 1. The molecule has 0 aromatic carbocycles. The van der Waals surface area contributed by atoms with E-state index in [9.17, 15) is 0 Å². The van der Waals surface area contributed by atoms with Gasteiger partial charge in [0.15, 0.2) is 0 Å². The van der Waals surface area contributed by atoms with Gasteiger partial charge < -0.3 is 9.88 Å². The summed E-state index contributed by atoms with van der Waals surface area (Å²) in [7, 11) is 0. The molecule has 0 fully saturated rings. The van der Waals surface area contributed by atoms with E-state index >= 15 is 0 Å². The van der Waals surface area contributed by atoms with E-state index in [1.807, 2.05) is 13.8 Å². The van der Waals surface area contributed by atoms with Gasteiger partial charge in [0.25, 0.3) is 0 Å². The third kappa shape index (κ3) is 5.94. The molecule has 0 radical (unpaired) electrons. The second-order valence-corrected chi connectivity index (χ2v) is 5.82. The van der Waals surface area contributed by atoms with Crippen LogP contribution in [0.5, 0.6) is 0 Å². The predicted molar refractivity (Wildman–Crippen MR) is 79.7 cm³/mol. The van der Waals surface area contributed by atoms with Crippen LogP contribution in [0.15, 0.2) is 18.3 Å². The molecule has 106 valence electrons. The number of nitrogens with one attached hydrogen (secondary N) is 1. The number of hydrogen-bond acceptors (Lipinski definition) is 2. The average Bonchev–Trinajstić information content (AvgIpc) is 2.83. The van der Waals surface area contributed by atoms with Crippen LogP contribution >= 0.6 is 0 Å². The summed E-state index contributed by atoms with van der Waals surface area (Å²) in [4.78, 5) is 0. The van der Waals surface area contributed by atoms with Gasteiger partial charge in [-0.05, 0) is 51.8 Å². The molecule has 0 saturated carbocycles. The predicted octanol–water partition coefficient (Wildman–Crippen LogP) is 3.71. The molecule has 0 amide bonds. The van der Waals surface area contributed by atoms with Crippen LogP contribution in [0.4, 0.5) is 0 Å². The van der Waals surface area contributed by atoms with Gasteiger partial charge in [0.1, 0.15) is 0 Å². The highest BCUT2D eigenvalue weighted by Gasteiger charge is 2.15. The lowest BCUT2D eigenvalue weighted by Gasteiger charge is -2.15. The molecule has 1 aromatic heterocycles. The van der Waals surface area contributed by atoms with E-state index in [1.54, 1.807) is 0 Å². The van der Waals surface area contributed by atoms with Gasteiger partial charge in [0.2, 0.25) is 0 Å². The molecule has 1 heterocycles. The second-order valence-electron chi connectivity index (χ2n) is 5.82. The maximum atomic E-state index is 8.98. The molecule has 0 bridgehead atoms. The van der Waals surface area contributed by atoms with Crippen molar-refractivity contribution in [3.05, 3.63) is 24.0 Å². The van der Waals surface area contributed by atoms with Gasteiger partial charge in [-0.15, -0.1) is 0 Å². The first-order chi connectivity index (χ1) is 9.09. The van der Waals surface area contributed by atoms with Gasteiger partial charge in [0, 0.05) is 25.0 Å². The molecule has 0 saturated heterocycles. The van der Waals surface area contributed by atoms with E-state index in [-0.39, 0.29) is 5.41 Å². The first kappa shape index (κ1) is 15.8. The zero-order valence-electron chi connectivity index (χ0n) is 12.6. The molecule has 0 aliphatic carbocycles. The minimum Gasteiger partial charge on any atom is -0.350 e. The van der Waals surface area contributed by atoms with Crippen molar-refractivity contribution in [1.29, 1.82) is 5.26 Å². The highest BCUT2D eigenvalue weighted by atomic mass is 15.0. The smallest absolute Gasteiger partial charge is 0.0683 e. The molecular weight excluding hydrogens is 234 g/mol. The molecule has 19 heavy (non-hydrogen) atoms. The van der Waals surface area contributed by atoms with Crippen molar-refractivity contribution in [3.8, 4) is 6.07 Å². The zero-order valence-corrected chi connectivity index (χ0v) is 12.6. The molecule has 0 atom stereocenters. The molecule has 0 aliphatic heterocycles. The maximum absolute atomic E-state index is 8.98. The van der Waals surface area contributed by atoms with Crippen molar-refractivity contribution in [3.63, 3.8) is 0 Å². The number of aromatic nitrogens is 1. The summed E-state index contributed by atoms with van der Waals surface area (Å²) in [5, 5.41) is 12.4. The van der Waals surface area contributed by atoms with Crippen LogP contribution < -0.4 is 5.32 Å². The normalized spacial score (nSPS) is 11.5. The van der Waals surface area contributed by atoms with Gasteiger partial charge >= 0.3 is 0 Å². The Balaban J connectivity index is 2.30. The Bertz CT molecular complexity index is 398. The lowest BCUT2D eigenvalue weighted by molar-refractivity contribution is 0.415. The molecule has 3 heteroatoms. The SMILES string of the molecule is CCCNCc1cccn1CCCCC(C)(C)C#N. The fourth-order valence-electron chi connectivity index (χ4n) is 2.13. The maximum Gasteiger partial charge on any atom is 0.0683 e. The summed E-state index contributed by atoms with van der Waals surface area (Å²) in [6.45, 7) is 9.29. The standard InChI is InChI=1S/C16H27N3/c1-4-10-18-13-15-8-7-12-19(15)11-6-5-9-16(2,3)14-17/h7-8,12,18H,4-6,9-11,13H2,1-3H3. The van der Waals surface area contributed by atoms with Crippen LogP contribution in [-0.4, -0.2) is 11.1 Å². The van der Waals surface area contributed by atoms with E-state index in [0.29, 0.717) is 0 Å². The van der Waals surface area contributed by atoms with E-state index in [1.165, 1.54) is 12.1 Å². The van der Waals surface area contributed by atoms with Crippen molar-refractivity contribution in [2.45, 2.75) is 59.5 Å². The molecule has 1 aromatic rings. The zero-order chi connectivity index (χ0) is 14.1. The summed E-state index contributed by atoms with van der Waals surface area (Å²) >= 11 is 0. The first-order valence-corrected chi connectivity index (χ1v) is 7.35. The van der Waals surface area contributed by atoms with Crippen LogP contribution in [0.25, 0.3) is 0 Å². The van der Waals surface area contributed by atoms with Crippen molar-refractivity contribution in [2.75, 3.05) is 6.54 Å².